The zero-order valence-electron chi connectivity index (χ0n) is 9.19. The number of fused-ring (bicyclic) bond motifs is 1. The Morgan fingerprint density at radius 2 is 2.12 bits per heavy atom. The van der Waals surface area contributed by atoms with Crippen LogP contribution in [-0.2, 0) is 0 Å². The lowest BCUT2D eigenvalue weighted by Gasteiger charge is -2.16. The Bertz CT molecular complexity index is 354. The van der Waals surface area contributed by atoms with E-state index in [-0.39, 0.29) is 0 Å². The van der Waals surface area contributed by atoms with Gasteiger partial charge in [-0.15, -0.1) is 0 Å². The molecule has 1 heterocycles. The molecule has 16 heavy (non-hydrogen) atoms. The van der Waals surface area contributed by atoms with E-state index >= 15 is 0 Å². The van der Waals surface area contributed by atoms with Crippen molar-refractivity contribution < 1.29 is 14.6 Å². The maximum atomic E-state index is 9.95. The van der Waals surface area contributed by atoms with Crippen molar-refractivity contribution in [1.29, 1.82) is 0 Å². The van der Waals surface area contributed by atoms with Gasteiger partial charge in [-0.3, -0.25) is 0 Å². The molecule has 4 heteroatoms. The first kappa shape index (κ1) is 11.2. The van der Waals surface area contributed by atoms with Crippen LogP contribution in [0.5, 0.6) is 11.5 Å². The van der Waals surface area contributed by atoms with Crippen LogP contribution < -0.4 is 15.2 Å². The second kappa shape index (κ2) is 5.18. The van der Waals surface area contributed by atoms with E-state index in [0.29, 0.717) is 37.7 Å². The van der Waals surface area contributed by atoms with E-state index in [2.05, 4.69) is 0 Å². The van der Waals surface area contributed by atoms with Crippen molar-refractivity contribution in [2.75, 3.05) is 19.8 Å². The highest BCUT2D eigenvalue weighted by atomic mass is 16.5. The highest BCUT2D eigenvalue weighted by Crippen LogP contribution is 2.37. The number of hydrogen-bond donors (Lipinski definition) is 2. The van der Waals surface area contributed by atoms with Crippen LogP contribution in [0.25, 0.3) is 0 Å². The SMILES string of the molecule is NCCC(O)c1cccc2c1OCCCO2. The molecule has 1 aromatic rings. The van der Waals surface area contributed by atoms with Crippen molar-refractivity contribution in [3.05, 3.63) is 23.8 Å². The molecule has 1 atom stereocenters. The molecule has 0 spiro atoms. The zero-order chi connectivity index (χ0) is 11.4. The standard InChI is InChI=1S/C12H17NO3/c13-6-5-10(14)9-3-1-4-11-12(9)16-8-2-7-15-11/h1,3-4,10,14H,2,5-8,13H2. The number of hydrogen-bond acceptors (Lipinski definition) is 4. The Kier molecular flexibility index (Phi) is 3.64. The summed E-state index contributed by atoms with van der Waals surface area (Å²) < 4.78 is 11.2. The predicted molar refractivity (Wildman–Crippen MR) is 60.7 cm³/mol. The molecule has 3 N–H and O–H groups in total. The first-order chi connectivity index (χ1) is 7.83. The second-order valence-electron chi connectivity index (χ2n) is 3.82. The predicted octanol–water partition coefficient (Wildman–Crippen LogP) is 1.23. The summed E-state index contributed by atoms with van der Waals surface area (Å²) in [5.74, 6) is 1.38. The number of benzene rings is 1. The fraction of sp³-hybridized carbons (Fsp3) is 0.500. The molecule has 0 saturated heterocycles. The van der Waals surface area contributed by atoms with Gasteiger partial charge in [0.05, 0.1) is 19.3 Å². The normalized spacial score (nSPS) is 16.6. The van der Waals surface area contributed by atoms with Gasteiger partial charge in [0, 0.05) is 12.0 Å². The summed E-state index contributed by atoms with van der Waals surface area (Å²) in [5.41, 5.74) is 6.21. The monoisotopic (exact) mass is 223 g/mol. The summed E-state index contributed by atoms with van der Waals surface area (Å²) in [6.07, 6.45) is 0.808. The maximum absolute atomic E-state index is 9.95. The van der Waals surface area contributed by atoms with Gasteiger partial charge < -0.3 is 20.3 Å². The van der Waals surface area contributed by atoms with Gasteiger partial charge in [-0.2, -0.15) is 0 Å². The lowest BCUT2D eigenvalue weighted by atomic mass is 10.0. The van der Waals surface area contributed by atoms with Gasteiger partial charge in [0.25, 0.3) is 0 Å². The largest absolute Gasteiger partial charge is 0.490 e. The zero-order valence-corrected chi connectivity index (χ0v) is 9.19. The van der Waals surface area contributed by atoms with E-state index in [1.54, 1.807) is 0 Å². The van der Waals surface area contributed by atoms with Crippen LogP contribution in [0.4, 0.5) is 0 Å². The summed E-state index contributed by atoms with van der Waals surface area (Å²) in [5, 5.41) is 9.95. The Morgan fingerprint density at radius 1 is 1.31 bits per heavy atom. The Hall–Kier alpha value is -1.26. The molecule has 0 fully saturated rings. The van der Waals surface area contributed by atoms with Gasteiger partial charge >= 0.3 is 0 Å². The molecule has 0 bridgehead atoms. The molecule has 0 radical (unpaired) electrons. The van der Waals surface area contributed by atoms with Gasteiger partial charge in [0.1, 0.15) is 0 Å². The first-order valence-corrected chi connectivity index (χ1v) is 5.59. The molecule has 0 aromatic heterocycles. The van der Waals surface area contributed by atoms with Crippen molar-refractivity contribution in [2.24, 2.45) is 5.73 Å². The van der Waals surface area contributed by atoms with E-state index in [9.17, 15) is 5.11 Å². The van der Waals surface area contributed by atoms with Gasteiger partial charge in [0.2, 0.25) is 0 Å². The van der Waals surface area contributed by atoms with Crippen LogP contribution in [0.1, 0.15) is 24.5 Å². The second-order valence-corrected chi connectivity index (χ2v) is 3.82. The molecule has 1 aliphatic rings. The highest BCUT2D eigenvalue weighted by Gasteiger charge is 2.18. The average Bonchev–Trinajstić information content (AvgIpc) is 2.53. The minimum absolute atomic E-state index is 0.450. The third-order valence-corrected chi connectivity index (χ3v) is 2.60. The van der Waals surface area contributed by atoms with Crippen molar-refractivity contribution in [1.82, 2.24) is 0 Å². The van der Waals surface area contributed by atoms with Crippen LogP contribution in [0.15, 0.2) is 18.2 Å². The number of rotatable bonds is 3. The molecule has 0 aliphatic carbocycles. The quantitative estimate of drug-likeness (QED) is 0.809. The topological polar surface area (TPSA) is 64.7 Å². The number of nitrogens with two attached hydrogens (primary N) is 1. The van der Waals surface area contributed by atoms with Gasteiger partial charge in [-0.05, 0) is 19.0 Å². The molecular formula is C12H17NO3. The fourth-order valence-corrected chi connectivity index (χ4v) is 1.79. The smallest absolute Gasteiger partial charge is 0.166 e. The summed E-state index contributed by atoms with van der Waals surface area (Å²) in [6, 6.07) is 5.58. The van der Waals surface area contributed by atoms with E-state index in [0.717, 1.165) is 12.0 Å². The minimum atomic E-state index is -0.582. The van der Waals surface area contributed by atoms with Crippen LogP contribution >= 0.6 is 0 Å². The van der Waals surface area contributed by atoms with Crippen LogP contribution in [0.2, 0.25) is 0 Å². The van der Waals surface area contributed by atoms with E-state index in [1.807, 2.05) is 18.2 Å². The molecular weight excluding hydrogens is 206 g/mol. The van der Waals surface area contributed by atoms with E-state index < -0.39 is 6.10 Å². The number of para-hydroxylation sites is 1. The van der Waals surface area contributed by atoms with E-state index in [4.69, 9.17) is 15.2 Å². The van der Waals surface area contributed by atoms with Crippen molar-refractivity contribution in [2.45, 2.75) is 18.9 Å². The molecule has 2 rings (SSSR count). The molecule has 4 nitrogen and oxygen atoms in total. The lowest BCUT2D eigenvalue weighted by molar-refractivity contribution is 0.164. The number of aliphatic hydroxyl groups excluding tert-OH is 1. The highest BCUT2D eigenvalue weighted by molar-refractivity contribution is 5.48. The fourth-order valence-electron chi connectivity index (χ4n) is 1.79. The lowest BCUT2D eigenvalue weighted by Crippen LogP contribution is -2.08. The molecule has 88 valence electrons. The number of ether oxygens (including phenoxy) is 2. The average molecular weight is 223 g/mol. The van der Waals surface area contributed by atoms with E-state index in [1.165, 1.54) is 0 Å². The molecule has 0 amide bonds. The molecule has 1 unspecified atom stereocenters. The van der Waals surface area contributed by atoms with Gasteiger partial charge in [0.15, 0.2) is 11.5 Å². The van der Waals surface area contributed by atoms with Crippen LogP contribution in [0, 0.1) is 0 Å². The van der Waals surface area contributed by atoms with Crippen molar-refractivity contribution >= 4 is 0 Å². The molecule has 1 aliphatic heterocycles. The van der Waals surface area contributed by atoms with Crippen molar-refractivity contribution in [3.8, 4) is 11.5 Å². The molecule has 0 saturated carbocycles. The van der Waals surface area contributed by atoms with Gasteiger partial charge in [-0.25, -0.2) is 0 Å². The number of aliphatic hydroxyl groups is 1. The Balaban J connectivity index is 2.30. The third kappa shape index (κ3) is 2.28. The summed E-state index contributed by atoms with van der Waals surface area (Å²) in [7, 11) is 0. The minimum Gasteiger partial charge on any atom is -0.490 e. The first-order valence-electron chi connectivity index (χ1n) is 5.59. The Morgan fingerprint density at radius 3 is 2.94 bits per heavy atom. The van der Waals surface area contributed by atoms with Crippen LogP contribution in [-0.4, -0.2) is 24.9 Å². The molecule has 1 aromatic carbocycles. The summed E-state index contributed by atoms with van der Waals surface area (Å²) in [6.45, 7) is 1.73. The Labute approximate surface area is 95.0 Å². The van der Waals surface area contributed by atoms with Crippen LogP contribution in [0.3, 0.4) is 0 Å². The van der Waals surface area contributed by atoms with Crippen molar-refractivity contribution in [3.63, 3.8) is 0 Å². The third-order valence-electron chi connectivity index (χ3n) is 2.60. The summed E-state index contributed by atoms with van der Waals surface area (Å²) >= 11 is 0. The van der Waals surface area contributed by atoms with Gasteiger partial charge in [-0.1, -0.05) is 12.1 Å². The summed E-state index contributed by atoms with van der Waals surface area (Å²) in [4.78, 5) is 0. The maximum Gasteiger partial charge on any atom is 0.166 e.